The smallest absolute Gasteiger partial charge is 0.300 e. The van der Waals surface area contributed by atoms with Gasteiger partial charge < -0.3 is 25.5 Å². The first-order valence-electron chi connectivity index (χ1n) is 9.09. The van der Waals surface area contributed by atoms with Crippen LogP contribution >= 0.6 is 0 Å². The fourth-order valence-electron chi connectivity index (χ4n) is 2.81. The lowest BCUT2D eigenvalue weighted by atomic mass is 10.1. The molecule has 0 saturated heterocycles. The van der Waals surface area contributed by atoms with Crippen LogP contribution in [0.5, 0.6) is 0 Å². The van der Waals surface area contributed by atoms with E-state index in [0.29, 0.717) is 17.9 Å². The van der Waals surface area contributed by atoms with Gasteiger partial charge in [-0.1, -0.05) is 36.4 Å². The number of nitrogens with one attached hydrogen (secondary N) is 2. The first-order valence-corrected chi connectivity index (χ1v) is 9.09. The van der Waals surface area contributed by atoms with E-state index in [0.717, 1.165) is 23.5 Å². The molecule has 1 heterocycles. The van der Waals surface area contributed by atoms with Gasteiger partial charge in [-0.05, 0) is 17.7 Å². The Labute approximate surface area is 174 Å². The summed E-state index contributed by atoms with van der Waals surface area (Å²) in [6.45, 7) is 1.43. The maximum atomic E-state index is 12.6. The molecule has 9 heteroatoms. The van der Waals surface area contributed by atoms with Crippen molar-refractivity contribution in [3.63, 3.8) is 0 Å². The van der Waals surface area contributed by atoms with E-state index in [1.54, 1.807) is 12.1 Å². The third kappa shape index (κ3) is 5.65. The first kappa shape index (κ1) is 22.6. The molecule has 5 N–H and O–H groups in total. The van der Waals surface area contributed by atoms with Gasteiger partial charge in [0.2, 0.25) is 0 Å². The molecule has 0 radical (unpaired) electrons. The van der Waals surface area contributed by atoms with Crippen LogP contribution in [0.25, 0.3) is 11.0 Å². The molecule has 158 valence electrons. The van der Waals surface area contributed by atoms with Crippen LogP contribution in [0.1, 0.15) is 30.0 Å². The summed E-state index contributed by atoms with van der Waals surface area (Å²) in [4.78, 5) is 26.1. The lowest BCUT2D eigenvalue weighted by Crippen LogP contribution is -2.31. The van der Waals surface area contributed by atoms with Gasteiger partial charge in [0.1, 0.15) is 11.7 Å². The number of carbonyl (C=O) groups excluding carboxylic acids is 1. The molecule has 1 amide bonds. The molecule has 0 aliphatic carbocycles. The number of imidazole rings is 1. The van der Waals surface area contributed by atoms with Gasteiger partial charge in [-0.2, -0.15) is 0 Å². The van der Waals surface area contributed by atoms with Crippen LogP contribution in [0.15, 0.2) is 48.5 Å². The third-order valence-corrected chi connectivity index (χ3v) is 4.26. The number of aromatic nitrogens is 2. The van der Waals surface area contributed by atoms with Gasteiger partial charge in [0, 0.05) is 33.2 Å². The molecule has 9 nitrogen and oxygen atoms in total. The van der Waals surface area contributed by atoms with E-state index in [9.17, 15) is 4.79 Å². The minimum absolute atomic E-state index is 0.0156. The predicted molar refractivity (Wildman–Crippen MR) is 113 cm³/mol. The van der Waals surface area contributed by atoms with Crippen molar-refractivity contribution in [3.05, 3.63) is 65.5 Å². The summed E-state index contributed by atoms with van der Waals surface area (Å²) in [6, 6.07) is 14.9. The number of amidine groups is 1. The van der Waals surface area contributed by atoms with E-state index in [4.69, 9.17) is 25.8 Å². The number of para-hydroxylation sites is 2. The third-order valence-electron chi connectivity index (χ3n) is 4.26. The van der Waals surface area contributed by atoms with Gasteiger partial charge in [0.15, 0.2) is 6.10 Å². The molecule has 0 spiro atoms. The number of methoxy groups -OCH3 is 1. The Kier molecular flexibility index (Phi) is 7.65. The van der Waals surface area contributed by atoms with Crippen molar-refractivity contribution >= 4 is 28.7 Å². The molecule has 2 aromatic carbocycles. The summed E-state index contributed by atoms with van der Waals surface area (Å²) in [6.07, 6.45) is -0.802. The second-order valence-corrected chi connectivity index (χ2v) is 6.48. The Morgan fingerprint density at radius 2 is 1.83 bits per heavy atom. The number of aliphatic carboxylic acids is 1. The number of fused-ring (bicyclic) bond motifs is 1. The van der Waals surface area contributed by atoms with Crippen LogP contribution in [0, 0.1) is 5.41 Å². The number of aryl methyl sites for hydroxylation is 1. The number of nitrogens with two attached hydrogens (primary N) is 1. The van der Waals surface area contributed by atoms with Crippen molar-refractivity contribution in [1.29, 1.82) is 5.41 Å². The van der Waals surface area contributed by atoms with E-state index in [1.165, 1.54) is 7.11 Å². The molecule has 0 aliphatic rings. The number of nitrogen functional groups attached to an aromatic ring is 1. The summed E-state index contributed by atoms with van der Waals surface area (Å²) >= 11 is 0. The summed E-state index contributed by atoms with van der Waals surface area (Å²) in [5, 5.41) is 17.7. The number of ether oxygens (including phenoxy) is 1. The SMILES string of the molecule is CC(=O)O.COC(C(=O)NCc1ccc(C(=N)N)cc1)c1nc2ccccc2n1C. The molecular formula is C21H25N5O4. The number of carboxylic acids is 1. The van der Waals surface area contributed by atoms with Crippen LogP contribution < -0.4 is 11.1 Å². The van der Waals surface area contributed by atoms with Crippen molar-refractivity contribution in [2.45, 2.75) is 19.6 Å². The maximum Gasteiger partial charge on any atom is 0.300 e. The van der Waals surface area contributed by atoms with Gasteiger partial charge >= 0.3 is 0 Å². The quantitative estimate of drug-likeness (QED) is 0.361. The lowest BCUT2D eigenvalue weighted by Gasteiger charge is -2.15. The van der Waals surface area contributed by atoms with E-state index >= 15 is 0 Å². The number of rotatable bonds is 6. The molecule has 3 rings (SSSR count). The van der Waals surface area contributed by atoms with E-state index in [1.807, 2.05) is 48.0 Å². The molecule has 30 heavy (non-hydrogen) atoms. The lowest BCUT2D eigenvalue weighted by molar-refractivity contribution is -0.134. The highest BCUT2D eigenvalue weighted by Crippen LogP contribution is 2.21. The maximum absolute atomic E-state index is 12.6. The molecule has 0 fully saturated rings. The van der Waals surface area contributed by atoms with E-state index in [2.05, 4.69) is 10.3 Å². The average Bonchev–Trinajstić information content (AvgIpc) is 3.03. The van der Waals surface area contributed by atoms with Crippen molar-refractivity contribution in [3.8, 4) is 0 Å². The van der Waals surface area contributed by atoms with Crippen LogP contribution in [-0.4, -0.2) is 39.5 Å². The number of hydrogen-bond donors (Lipinski definition) is 4. The molecular weight excluding hydrogens is 386 g/mol. The Balaban J connectivity index is 0.000000735. The number of nitrogens with zero attached hydrogens (tertiary/aromatic N) is 2. The van der Waals surface area contributed by atoms with Crippen LogP contribution in [0.3, 0.4) is 0 Å². The largest absolute Gasteiger partial charge is 0.481 e. The number of carboxylic acid groups (broad SMARTS) is 1. The number of amides is 1. The highest BCUT2D eigenvalue weighted by molar-refractivity contribution is 5.94. The molecule has 1 aromatic heterocycles. The summed E-state index contributed by atoms with van der Waals surface area (Å²) < 4.78 is 7.27. The van der Waals surface area contributed by atoms with Crippen LogP contribution in [0.4, 0.5) is 0 Å². The fourth-order valence-corrected chi connectivity index (χ4v) is 2.81. The van der Waals surface area contributed by atoms with Gasteiger partial charge in [0.25, 0.3) is 11.9 Å². The van der Waals surface area contributed by atoms with Gasteiger partial charge in [0.05, 0.1) is 11.0 Å². The van der Waals surface area contributed by atoms with Gasteiger partial charge in [-0.3, -0.25) is 15.0 Å². The van der Waals surface area contributed by atoms with Crippen LogP contribution in [0.2, 0.25) is 0 Å². The number of benzene rings is 2. The van der Waals surface area contributed by atoms with Crippen molar-refractivity contribution in [2.75, 3.05) is 7.11 Å². The monoisotopic (exact) mass is 411 g/mol. The molecule has 0 saturated carbocycles. The number of carbonyl (C=O) groups is 2. The Morgan fingerprint density at radius 3 is 2.37 bits per heavy atom. The van der Waals surface area contributed by atoms with Crippen molar-refractivity contribution in [1.82, 2.24) is 14.9 Å². The second-order valence-electron chi connectivity index (χ2n) is 6.48. The van der Waals surface area contributed by atoms with E-state index in [-0.39, 0.29) is 11.7 Å². The zero-order chi connectivity index (χ0) is 22.3. The first-order chi connectivity index (χ1) is 14.2. The number of hydrogen-bond acceptors (Lipinski definition) is 5. The van der Waals surface area contributed by atoms with Gasteiger partial charge in [-0.25, -0.2) is 4.98 Å². The molecule has 0 bridgehead atoms. The minimum atomic E-state index is -0.833. The zero-order valence-electron chi connectivity index (χ0n) is 17.0. The Hall–Kier alpha value is -3.72. The van der Waals surface area contributed by atoms with Gasteiger partial charge in [-0.15, -0.1) is 0 Å². The normalized spacial score (nSPS) is 11.3. The standard InChI is InChI=1S/C19H21N5O2.C2H4O2/c1-24-15-6-4-3-5-14(15)23-18(24)16(26-2)19(25)22-11-12-7-9-13(10-8-12)17(20)21;1-2(3)4/h3-10,16H,11H2,1-2H3,(H3,20,21)(H,22,25);1H3,(H,3,4). The molecule has 1 atom stereocenters. The Bertz CT molecular complexity index is 1040. The fraction of sp³-hybridized carbons (Fsp3) is 0.238. The summed E-state index contributed by atoms with van der Waals surface area (Å²) in [5.41, 5.74) is 8.76. The second kappa shape index (κ2) is 10.2. The Morgan fingerprint density at radius 1 is 1.23 bits per heavy atom. The van der Waals surface area contributed by atoms with Crippen molar-refractivity contribution in [2.24, 2.45) is 12.8 Å². The topological polar surface area (TPSA) is 143 Å². The van der Waals surface area contributed by atoms with Crippen LogP contribution in [-0.2, 0) is 27.9 Å². The minimum Gasteiger partial charge on any atom is -0.481 e. The average molecular weight is 411 g/mol. The highest BCUT2D eigenvalue weighted by atomic mass is 16.5. The summed E-state index contributed by atoms with van der Waals surface area (Å²) in [7, 11) is 3.36. The predicted octanol–water partition coefficient (Wildman–Crippen LogP) is 1.95. The molecule has 1 unspecified atom stereocenters. The molecule has 0 aliphatic heterocycles. The summed E-state index contributed by atoms with van der Waals surface area (Å²) in [5.74, 6) is -0.526. The molecule has 3 aromatic rings. The zero-order valence-corrected chi connectivity index (χ0v) is 17.0. The van der Waals surface area contributed by atoms with E-state index < -0.39 is 12.1 Å². The van der Waals surface area contributed by atoms with Crippen molar-refractivity contribution < 1.29 is 19.4 Å². The highest BCUT2D eigenvalue weighted by Gasteiger charge is 2.25.